The molecule has 0 amide bonds. The Morgan fingerprint density at radius 3 is 2.82 bits per heavy atom. The van der Waals surface area contributed by atoms with Crippen LogP contribution in [-0.4, -0.2) is 14.3 Å². The zero-order valence-corrected chi connectivity index (χ0v) is 10.00. The van der Waals surface area contributed by atoms with Gasteiger partial charge in [-0.25, -0.2) is 14.0 Å². The fourth-order valence-electron chi connectivity index (χ4n) is 1.66. The molecule has 0 fully saturated rings. The predicted octanol–water partition coefficient (Wildman–Crippen LogP) is 1.27. The molecule has 0 aliphatic rings. The SMILES string of the molecule is CC(C)Cn1ncn(-c2cccc(N)c2)c1=O. The Bertz CT molecular complexity index is 568. The van der Waals surface area contributed by atoms with Gasteiger partial charge in [0.05, 0.1) is 5.69 Å². The Morgan fingerprint density at radius 1 is 1.41 bits per heavy atom. The Labute approximate surface area is 99.5 Å². The maximum atomic E-state index is 12.0. The summed E-state index contributed by atoms with van der Waals surface area (Å²) in [5.74, 6) is 0.386. The van der Waals surface area contributed by atoms with Gasteiger partial charge in [0, 0.05) is 12.2 Å². The van der Waals surface area contributed by atoms with Crippen LogP contribution in [-0.2, 0) is 6.54 Å². The lowest BCUT2D eigenvalue weighted by Crippen LogP contribution is -2.25. The number of hydrogen-bond donors (Lipinski definition) is 1. The lowest BCUT2D eigenvalue weighted by molar-refractivity contribution is 0.469. The van der Waals surface area contributed by atoms with Crippen molar-refractivity contribution in [2.24, 2.45) is 5.92 Å². The van der Waals surface area contributed by atoms with E-state index in [1.807, 2.05) is 26.0 Å². The second kappa shape index (κ2) is 4.45. The molecule has 0 bridgehead atoms. The molecule has 1 aromatic carbocycles. The highest BCUT2D eigenvalue weighted by atomic mass is 16.2. The first kappa shape index (κ1) is 11.4. The fourth-order valence-corrected chi connectivity index (χ4v) is 1.66. The summed E-state index contributed by atoms with van der Waals surface area (Å²) in [5.41, 5.74) is 6.93. The van der Waals surface area contributed by atoms with E-state index in [9.17, 15) is 4.79 Å². The number of benzene rings is 1. The molecule has 0 saturated heterocycles. The van der Waals surface area contributed by atoms with Gasteiger partial charge >= 0.3 is 5.69 Å². The molecule has 0 unspecified atom stereocenters. The number of rotatable bonds is 3. The molecule has 0 aliphatic carbocycles. The quantitative estimate of drug-likeness (QED) is 0.810. The number of nitrogen functional groups attached to an aromatic ring is 1. The molecule has 2 rings (SSSR count). The second-order valence-corrected chi connectivity index (χ2v) is 4.45. The Morgan fingerprint density at radius 2 is 2.18 bits per heavy atom. The molecule has 1 aromatic heterocycles. The topological polar surface area (TPSA) is 65.8 Å². The van der Waals surface area contributed by atoms with Crippen LogP contribution in [0.2, 0.25) is 0 Å². The maximum absolute atomic E-state index is 12.0. The van der Waals surface area contributed by atoms with Crippen molar-refractivity contribution in [1.29, 1.82) is 0 Å². The third kappa shape index (κ3) is 2.38. The second-order valence-electron chi connectivity index (χ2n) is 4.45. The molecule has 1 heterocycles. The Kier molecular flexibility index (Phi) is 2.99. The molecular formula is C12H16N4O. The van der Waals surface area contributed by atoms with Crippen molar-refractivity contribution in [3.8, 4) is 5.69 Å². The molecule has 5 nitrogen and oxygen atoms in total. The van der Waals surface area contributed by atoms with E-state index in [4.69, 9.17) is 5.73 Å². The lowest BCUT2D eigenvalue weighted by Gasteiger charge is -2.03. The van der Waals surface area contributed by atoms with E-state index in [2.05, 4.69) is 5.10 Å². The normalized spacial score (nSPS) is 11.0. The van der Waals surface area contributed by atoms with E-state index < -0.39 is 0 Å². The summed E-state index contributed by atoms with van der Waals surface area (Å²) in [6.07, 6.45) is 1.53. The summed E-state index contributed by atoms with van der Waals surface area (Å²) in [7, 11) is 0. The first-order valence-corrected chi connectivity index (χ1v) is 5.58. The van der Waals surface area contributed by atoms with Crippen LogP contribution >= 0.6 is 0 Å². The molecule has 2 N–H and O–H groups in total. The van der Waals surface area contributed by atoms with Crippen molar-refractivity contribution < 1.29 is 0 Å². The van der Waals surface area contributed by atoms with E-state index in [1.165, 1.54) is 15.6 Å². The van der Waals surface area contributed by atoms with Gasteiger partial charge in [-0.15, -0.1) is 0 Å². The molecule has 90 valence electrons. The van der Waals surface area contributed by atoms with Crippen LogP contribution in [0.15, 0.2) is 35.4 Å². The number of aromatic nitrogens is 3. The van der Waals surface area contributed by atoms with Crippen LogP contribution < -0.4 is 11.4 Å². The predicted molar refractivity (Wildman–Crippen MR) is 67.1 cm³/mol. The van der Waals surface area contributed by atoms with Crippen LogP contribution in [0.1, 0.15) is 13.8 Å². The van der Waals surface area contributed by atoms with Crippen LogP contribution in [0.5, 0.6) is 0 Å². The summed E-state index contributed by atoms with van der Waals surface area (Å²) in [6, 6.07) is 7.19. The molecule has 5 heteroatoms. The minimum Gasteiger partial charge on any atom is -0.399 e. The summed E-state index contributed by atoms with van der Waals surface area (Å²) in [4.78, 5) is 12.0. The minimum absolute atomic E-state index is 0.135. The molecule has 0 spiro atoms. The zero-order valence-electron chi connectivity index (χ0n) is 10.00. The average Bonchev–Trinajstić information content (AvgIpc) is 2.60. The standard InChI is InChI=1S/C12H16N4O/c1-9(2)7-16-12(17)15(8-14-16)11-5-3-4-10(13)6-11/h3-6,8-9H,7,13H2,1-2H3. The summed E-state index contributed by atoms with van der Waals surface area (Å²) in [5, 5.41) is 4.09. The summed E-state index contributed by atoms with van der Waals surface area (Å²) < 4.78 is 2.96. The Balaban J connectivity index is 2.41. The number of hydrogen-bond acceptors (Lipinski definition) is 3. The van der Waals surface area contributed by atoms with Crippen molar-refractivity contribution in [2.75, 3.05) is 5.73 Å². The minimum atomic E-state index is -0.135. The van der Waals surface area contributed by atoms with Crippen LogP contribution in [0, 0.1) is 5.92 Å². The van der Waals surface area contributed by atoms with Crippen LogP contribution in [0.4, 0.5) is 5.69 Å². The van der Waals surface area contributed by atoms with E-state index in [0.717, 1.165) is 5.69 Å². The van der Waals surface area contributed by atoms with E-state index in [0.29, 0.717) is 18.2 Å². The fraction of sp³-hybridized carbons (Fsp3) is 0.333. The Hall–Kier alpha value is -2.04. The van der Waals surface area contributed by atoms with Crippen molar-refractivity contribution in [2.45, 2.75) is 20.4 Å². The summed E-state index contributed by atoms with van der Waals surface area (Å²) in [6.45, 7) is 4.71. The average molecular weight is 232 g/mol. The molecule has 0 radical (unpaired) electrons. The van der Waals surface area contributed by atoms with E-state index in [1.54, 1.807) is 12.1 Å². The van der Waals surface area contributed by atoms with Gasteiger partial charge in [-0.2, -0.15) is 5.10 Å². The van der Waals surface area contributed by atoms with Crippen LogP contribution in [0.3, 0.4) is 0 Å². The lowest BCUT2D eigenvalue weighted by atomic mass is 10.2. The van der Waals surface area contributed by atoms with Gasteiger partial charge in [-0.1, -0.05) is 19.9 Å². The van der Waals surface area contributed by atoms with Gasteiger partial charge in [-0.05, 0) is 24.1 Å². The molecule has 0 saturated carbocycles. The highest BCUT2D eigenvalue weighted by Crippen LogP contribution is 2.09. The third-order valence-electron chi connectivity index (χ3n) is 2.42. The molecule has 17 heavy (non-hydrogen) atoms. The smallest absolute Gasteiger partial charge is 0.350 e. The van der Waals surface area contributed by atoms with Gasteiger partial charge in [-0.3, -0.25) is 0 Å². The number of nitrogens with zero attached hydrogens (tertiary/aromatic N) is 3. The molecule has 0 atom stereocenters. The van der Waals surface area contributed by atoms with Gasteiger partial charge < -0.3 is 5.73 Å². The summed E-state index contributed by atoms with van der Waals surface area (Å²) >= 11 is 0. The van der Waals surface area contributed by atoms with Crippen molar-refractivity contribution in [3.05, 3.63) is 41.1 Å². The van der Waals surface area contributed by atoms with Crippen molar-refractivity contribution >= 4 is 5.69 Å². The largest absolute Gasteiger partial charge is 0.399 e. The van der Waals surface area contributed by atoms with Gasteiger partial charge in [0.25, 0.3) is 0 Å². The van der Waals surface area contributed by atoms with Crippen LogP contribution in [0.25, 0.3) is 5.69 Å². The first-order chi connectivity index (χ1) is 8.08. The van der Waals surface area contributed by atoms with Crippen molar-refractivity contribution in [3.63, 3.8) is 0 Å². The maximum Gasteiger partial charge on any atom is 0.350 e. The van der Waals surface area contributed by atoms with E-state index >= 15 is 0 Å². The van der Waals surface area contributed by atoms with Gasteiger partial charge in [0.15, 0.2) is 0 Å². The number of anilines is 1. The van der Waals surface area contributed by atoms with Gasteiger partial charge in [0.1, 0.15) is 6.33 Å². The highest BCUT2D eigenvalue weighted by molar-refractivity contribution is 5.47. The molecular weight excluding hydrogens is 216 g/mol. The van der Waals surface area contributed by atoms with Gasteiger partial charge in [0.2, 0.25) is 0 Å². The number of nitrogens with two attached hydrogens (primary N) is 1. The van der Waals surface area contributed by atoms with E-state index in [-0.39, 0.29) is 5.69 Å². The third-order valence-corrected chi connectivity index (χ3v) is 2.42. The highest BCUT2D eigenvalue weighted by Gasteiger charge is 2.07. The molecule has 0 aliphatic heterocycles. The van der Waals surface area contributed by atoms with Crippen molar-refractivity contribution in [1.82, 2.24) is 14.3 Å². The molecule has 2 aromatic rings. The zero-order chi connectivity index (χ0) is 12.4. The first-order valence-electron chi connectivity index (χ1n) is 5.58. The monoisotopic (exact) mass is 232 g/mol.